The number of nitrogens with zero attached hydrogens (tertiary/aromatic N) is 1. The number of para-hydroxylation sites is 1. The summed E-state index contributed by atoms with van der Waals surface area (Å²) < 4.78 is 12.2. The van der Waals surface area contributed by atoms with E-state index in [-0.39, 0.29) is 0 Å². The maximum absolute atomic E-state index is 5.85. The first-order valence-electron chi connectivity index (χ1n) is 6.38. The van der Waals surface area contributed by atoms with Crippen LogP contribution in [0.2, 0.25) is 0 Å². The van der Waals surface area contributed by atoms with E-state index in [4.69, 9.17) is 15.2 Å². The molecule has 0 atom stereocenters. The molecule has 1 aromatic carbocycles. The first-order chi connectivity index (χ1) is 9.56. The molecule has 1 heterocycles. The summed E-state index contributed by atoms with van der Waals surface area (Å²) in [6.07, 6.45) is 0. The summed E-state index contributed by atoms with van der Waals surface area (Å²) in [6.45, 7) is 4.70. The van der Waals surface area contributed by atoms with Crippen molar-refractivity contribution in [2.24, 2.45) is 5.92 Å². The van der Waals surface area contributed by atoms with Crippen molar-refractivity contribution in [3.05, 3.63) is 40.9 Å². The molecule has 106 valence electrons. The molecule has 0 aliphatic carbocycles. The van der Waals surface area contributed by atoms with Crippen molar-refractivity contribution in [3.63, 3.8) is 0 Å². The molecule has 5 heteroatoms. The Hall–Kier alpha value is -1.75. The van der Waals surface area contributed by atoms with Gasteiger partial charge in [-0.15, -0.1) is 0 Å². The van der Waals surface area contributed by atoms with Gasteiger partial charge in [-0.25, -0.2) is 0 Å². The summed E-state index contributed by atoms with van der Waals surface area (Å²) in [5.74, 6) is 1.96. The van der Waals surface area contributed by atoms with E-state index in [9.17, 15) is 0 Å². The van der Waals surface area contributed by atoms with Crippen molar-refractivity contribution in [3.8, 4) is 17.5 Å². The van der Waals surface area contributed by atoms with Gasteiger partial charge >= 0.3 is 0 Å². The fourth-order valence-corrected chi connectivity index (χ4v) is 1.86. The van der Waals surface area contributed by atoms with Gasteiger partial charge in [0.15, 0.2) is 0 Å². The molecule has 1 aromatic heterocycles. The number of anilines is 1. The molecule has 0 aliphatic heterocycles. The van der Waals surface area contributed by atoms with Gasteiger partial charge in [0.1, 0.15) is 5.75 Å². The molecule has 0 saturated heterocycles. The summed E-state index contributed by atoms with van der Waals surface area (Å²) in [4.78, 5) is 4.29. The minimum absolute atomic E-state index is 0.406. The van der Waals surface area contributed by atoms with Crippen molar-refractivity contribution in [2.75, 3.05) is 12.3 Å². The Labute approximate surface area is 127 Å². The van der Waals surface area contributed by atoms with Crippen molar-refractivity contribution in [1.29, 1.82) is 0 Å². The van der Waals surface area contributed by atoms with Crippen LogP contribution >= 0.6 is 15.9 Å². The monoisotopic (exact) mass is 336 g/mol. The van der Waals surface area contributed by atoms with Crippen molar-refractivity contribution >= 4 is 21.6 Å². The Morgan fingerprint density at radius 2 is 1.95 bits per heavy atom. The topological polar surface area (TPSA) is 57.4 Å². The second-order valence-electron chi connectivity index (χ2n) is 4.78. The molecule has 0 saturated carbocycles. The molecule has 0 aliphatic rings. The van der Waals surface area contributed by atoms with Crippen LogP contribution in [0.5, 0.6) is 17.5 Å². The number of ether oxygens (including phenoxy) is 2. The van der Waals surface area contributed by atoms with Gasteiger partial charge in [-0.2, -0.15) is 4.98 Å². The van der Waals surface area contributed by atoms with E-state index in [1.807, 2.05) is 24.3 Å². The van der Waals surface area contributed by atoms with Crippen molar-refractivity contribution < 1.29 is 9.47 Å². The lowest BCUT2D eigenvalue weighted by atomic mass is 10.2. The zero-order valence-corrected chi connectivity index (χ0v) is 13.1. The zero-order valence-electron chi connectivity index (χ0n) is 11.5. The number of nitrogen functional groups attached to an aromatic ring is 1. The van der Waals surface area contributed by atoms with E-state index in [2.05, 4.69) is 34.8 Å². The molecule has 4 nitrogen and oxygen atoms in total. The maximum Gasteiger partial charge on any atom is 0.240 e. The van der Waals surface area contributed by atoms with Crippen LogP contribution in [0.1, 0.15) is 13.8 Å². The van der Waals surface area contributed by atoms with E-state index in [1.54, 1.807) is 12.1 Å². The molecule has 2 rings (SSSR count). The highest BCUT2D eigenvalue weighted by atomic mass is 79.9. The average Bonchev–Trinajstić information content (AvgIpc) is 2.42. The van der Waals surface area contributed by atoms with Crippen molar-refractivity contribution in [2.45, 2.75) is 13.8 Å². The first-order valence-corrected chi connectivity index (χ1v) is 7.17. The molecule has 2 aromatic rings. The SMILES string of the molecule is CC(C)COc1nc(Oc2ccccc2Br)ccc1N. The van der Waals surface area contributed by atoms with Gasteiger partial charge in [0.2, 0.25) is 11.8 Å². The number of hydrogen-bond donors (Lipinski definition) is 1. The summed E-state index contributed by atoms with van der Waals surface area (Å²) in [6, 6.07) is 11.0. The van der Waals surface area contributed by atoms with Gasteiger partial charge in [0, 0.05) is 6.07 Å². The van der Waals surface area contributed by atoms with Crippen LogP contribution in [-0.4, -0.2) is 11.6 Å². The van der Waals surface area contributed by atoms with Gasteiger partial charge in [0.25, 0.3) is 0 Å². The first kappa shape index (κ1) is 14.7. The van der Waals surface area contributed by atoms with Crippen LogP contribution in [0.3, 0.4) is 0 Å². The Kier molecular flexibility index (Phi) is 4.84. The molecule has 0 unspecified atom stereocenters. The van der Waals surface area contributed by atoms with Gasteiger partial charge < -0.3 is 15.2 Å². The maximum atomic E-state index is 5.85. The van der Waals surface area contributed by atoms with Crippen LogP contribution < -0.4 is 15.2 Å². The highest BCUT2D eigenvalue weighted by Gasteiger charge is 2.08. The molecule has 0 bridgehead atoms. The quantitative estimate of drug-likeness (QED) is 0.886. The predicted octanol–water partition coefficient (Wildman–Crippen LogP) is 4.25. The number of halogens is 1. The molecule has 0 radical (unpaired) electrons. The van der Waals surface area contributed by atoms with Crippen LogP contribution in [0.4, 0.5) is 5.69 Å². The Morgan fingerprint density at radius 3 is 2.65 bits per heavy atom. The molecule has 0 spiro atoms. The number of nitrogens with two attached hydrogens (primary N) is 1. The van der Waals surface area contributed by atoms with E-state index in [1.165, 1.54) is 0 Å². The average molecular weight is 337 g/mol. The molecule has 0 fully saturated rings. The molecule has 20 heavy (non-hydrogen) atoms. The summed E-state index contributed by atoms with van der Waals surface area (Å²) in [5.41, 5.74) is 6.35. The van der Waals surface area contributed by atoms with Gasteiger partial charge in [0.05, 0.1) is 16.8 Å². The second kappa shape index (κ2) is 6.61. The molecule has 2 N–H and O–H groups in total. The minimum atomic E-state index is 0.406. The van der Waals surface area contributed by atoms with E-state index < -0.39 is 0 Å². The third-order valence-corrected chi connectivity index (χ3v) is 3.12. The lowest BCUT2D eigenvalue weighted by Crippen LogP contribution is -2.07. The fraction of sp³-hybridized carbons (Fsp3) is 0.267. The highest BCUT2D eigenvalue weighted by Crippen LogP contribution is 2.30. The largest absolute Gasteiger partial charge is 0.476 e. The molecular weight excluding hydrogens is 320 g/mol. The number of aromatic nitrogens is 1. The van der Waals surface area contributed by atoms with Gasteiger partial charge in [-0.3, -0.25) is 0 Å². The molecular formula is C15H17BrN2O2. The normalized spacial score (nSPS) is 10.6. The minimum Gasteiger partial charge on any atom is -0.476 e. The summed E-state index contributed by atoms with van der Waals surface area (Å²) >= 11 is 3.43. The lowest BCUT2D eigenvalue weighted by molar-refractivity contribution is 0.260. The molecule has 0 amide bonds. The second-order valence-corrected chi connectivity index (χ2v) is 5.64. The van der Waals surface area contributed by atoms with Gasteiger partial charge in [-0.1, -0.05) is 26.0 Å². The Bertz CT molecular complexity index is 588. The van der Waals surface area contributed by atoms with E-state index in [0.717, 1.165) is 4.47 Å². The summed E-state index contributed by atoms with van der Waals surface area (Å²) in [5, 5.41) is 0. The van der Waals surface area contributed by atoms with E-state index in [0.29, 0.717) is 35.7 Å². The zero-order chi connectivity index (χ0) is 14.5. The standard InChI is InChI=1S/C15H17BrN2O2/c1-10(2)9-19-15-12(17)7-8-14(18-15)20-13-6-4-3-5-11(13)16/h3-8,10H,9,17H2,1-2H3. The smallest absolute Gasteiger partial charge is 0.240 e. The number of hydrogen-bond acceptors (Lipinski definition) is 4. The van der Waals surface area contributed by atoms with Crippen LogP contribution in [0, 0.1) is 5.92 Å². The van der Waals surface area contributed by atoms with Crippen molar-refractivity contribution in [1.82, 2.24) is 4.98 Å². The fourth-order valence-electron chi connectivity index (χ4n) is 1.49. The third-order valence-electron chi connectivity index (χ3n) is 2.47. The predicted molar refractivity (Wildman–Crippen MR) is 83.2 cm³/mol. The third kappa shape index (κ3) is 3.87. The van der Waals surface area contributed by atoms with E-state index >= 15 is 0 Å². The van der Waals surface area contributed by atoms with Crippen LogP contribution in [0.25, 0.3) is 0 Å². The Morgan fingerprint density at radius 1 is 1.20 bits per heavy atom. The number of rotatable bonds is 5. The Balaban J connectivity index is 2.17. The number of benzene rings is 1. The highest BCUT2D eigenvalue weighted by molar-refractivity contribution is 9.10. The van der Waals surface area contributed by atoms with Crippen LogP contribution in [0.15, 0.2) is 40.9 Å². The van der Waals surface area contributed by atoms with Gasteiger partial charge in [-0.05, 0) is 40.0 Å². The lowest BCUT2D eigenvalue weighted by Gasteiger charge is -2.12. The van der Waals surface area contributed by atoms with Crippen LogP contribution in [-0.2, 0) is 0 Å². The summed E-state index contributed by atoms with van der Waals surface area (Å²) in [7, 11) is 0. The number of pyridine rings is 1.